The van der Waals surface area contributed by atoms with Gasteiger partial charge in [0, 0.05) is 30.1 Å². The number of anilines is 1. The molecule has 0 fully saturated rings. The zero-order valence-electron chi connectivity index (χ0n) is 14.6. The van der Waals surface area contributed by atoms with Crippen LogP contribution in [0, 0.1) is 0 Å². The molecule has 1 amide bonds. The van der Waals surface area contributed by atoms with Crippen molar-refractivity contribution in [3.8, 4) is 22.8 Å². The van der Waals surface area contributed by atoms with Crippen molar-refractivity contribution in [2.45, 2.75) is 25.0 Å². The Morgan fingerprint density at radius 2 is 2.27 bits per heavy atom. The lowest BCUT2D eigenvalue weighted by Crippen LogP contribution is -2.26. The number of fused-ring (bicyclic) bond motifs is 2. The van der Waals surface area contributed by atoms with Crippen molar-refractivity contribution in [3.63, 3.8) is 0 Å². The van der Waals surface area contributed by atoms with Crippen molar-refractivity contribution in [2.24, 2.45) is 0 Å². The fourth-order valence-electron chi connectivity index (χ4n) is 2.92. The number of hydrogen-bond donors (Lipinski definition) is 2. The van der Waals surface area contributed by atoms with Crippen LogP contribution in [0.5, 0.6) is 11.5 Å². The second kappa shape index (κ2) is 6.53. The second-order valence-corrected chi connectivity index (χ2v) is 6.91. The van der Waals surface area contributed by atoms with Gasteiger partial charge in [0.1, 0.15) is 29.2 Å². The number of carbonyl (C=O) groups is 1. The summed E-state index contributed by atoms with van der Waals surface area (Å²) < 4.78 is 11.9. The van der Waals surface area contributed by atoms with Crippen LogP contribution in [-0.2, 0) is 4.79 Å². The number of rotatable bonds is 3. The van der Waals surface area contributed by atoms with E-state index in [9.17, 15) is 4.79 Å². The maximum Gasteiger partial charge on any atom is 0.222 e. The Morgan fingerprint density at radius 1 is 1.42 bits per heavy atom. The van der Waals surface area contributed by atoms with Crippen LogP contribution in [0.15, 0.2) is 29.6 Å². The van der Waals surface area contributed by atoms with Crippen LogP contribution in [-0.4, -0.2) is 39.8 Å². The number of aromatic nitrogens is 3. The van der Waals surface area contributed by atoms with Crippen LogP contribution >= 0.6 is 11.8 Å². The summed E-state index contributed by atoms with van der Waals surface area (Å²) in [6.07, 6.45) is 5.53. The van der Waals surface area contributed by atoms with Crippen LogP contribution in [0.4, 0.5) is 5.82 Å². The number of amides is 1. The molecule has 4 heterocycles. The molecule has 0 saturated heterocycles. The maximum absolute atomic E-state index is 11.3. The first-order valence-corrected chi connectivity index (χ1v) is 9.41. The average molecular weight is 370 g/mol. The van der Waals surface area contributed by atoms with E-state index < -0.39 is 0 Å². The minimum atomic E-state index is -0.167. The molecular formula is C18H18N4O3S. The van der Waals surface area contributed by atoms with Gasteiger partial charge >= 0.3 is 0 Å². The molecule has 0 aliphatic carbocycles. The van der Waals surface area contributed by atoms with Crippen LogP contribution in [0.1, 0.15) is 13.8 Å². The number of pyridine rings is 2. The van der Waals surface area contributed by atoms with Gasteiger partial charge in [-0.3, -0.25) is 4.79 Å². The predicted octanol–water partition coefficient (Wildman–Crippen LogP) is 3.46. The van der Waals surface area contributed by atoms with Gasteiger partial charge in [-0.1, -0.05) is 0 Å². The zero-order chi connectivity index (χ0) is 18.3. The lowest BCUT2D eigenvalue weighted by molar-refractivity contribution is -0.114. The topological polar surface area (TPSA) is 89.1 Å². The molecule has 3 aromatic rings. The van der Waals surface area contributed by atoms with Gasteiger partial charge in [-0.2, -0.15) is 0 Å². The van der Waals surface area contributed by atoms with Gasteiger partial charge in [-0.25, -0.2) is 9.97 Å². The van der Waals surface area contributed by atoms with E-state index in [0.29, 0.717) is 29.6 Å². The molecular weight excluding hydrogens is 352 g/mol. The lowest BCUT2D eigenvalue weighted by Gasteiger charge is -2.25. The molecule has 26 heavy (non-hydrogen) atoms. The van der Waals surface area contributed by atoms with Crippen molar-refractivity contribution >= 4 is 34.4 Å². The molecule has 1 aliphatic heterocycles. The number of thioether (sulfide) groups is 1. The number of ether oxygens (including phenoxy) is 2. The number of aromatic amines is 1. The SMILES string of the molecule is CSc1cc2c(c(-c3c[nH]c4cnc(NC(C)=O)cc34)n1)OC[C@@H](C)O2. The van der Waals surface area contributed by atoms with Gasteiger partial charge in [0.05, 0.1) is 11.7 Å². The van der Waals surface area contributed by atoms with Gasteiger partial charge in [0.15, 0.2) is 11.5 Å². The fourth-order valence-corrected chi connectivity index (χ4v) is 3.33. The maximum atomic E-state index is 11.3. The van der Waals surface area contributed by atoms with Crippen molar-refractivity contribution in [3.05, 3.63) is 24.5 Å². The highest BCUT2D eigenvalue weighted by Crippen LogP contribution is 2.43. The van der Waals surface area contributed by atoms with Gasteiger partial charge in [0.2, 0.25) is 5.91 Å². The van der Waals surface area contributed by atoms with Crippen LogP contribution < -0.4 is 14.8 Å². The van der Waals surface area contributed by atoms with E-state index in [4.69, 9.17) is 14.5 Å². The summed E-state index contributed by atoms with van der Waals surface area (Å²) in [4.78, 5) is 23.5. The Hall–Kier alpha value is -2.74. The van der Waals surface area contributed by atoms with E-state index in [2.05, 4.69) is 15.3 Å². The molecule has 0 spiro atoms. The minimum absolute atomic E-state index is 0.00834. The predicted molar refractivity (Wildman–Crippen MR) is 101 cm³/mol. The lowest BCUT2D eigenvalue weighted by atomic mass is 10.1. The third-order valence-corrected chi connectivity index (χ3v) is 4.67. The molecule has 2 N–H and O–H groups in total. The van der Waals surface area contributed by atoms with E-state index in [0.717, 1.165) is 21.5 Å². The zero-order valence-corrected chi connectivity index (χ0v) is 15.4. The summed E-state index contributed by atoms with van der Waals surface area (Å²) >= 11 is 1.55. The van der Waals surface area contributed by atoms with E-state index in [-0.39, 0.29) is 12.0 Å². The van der Waals surface area contributed by atoms with Crippen LogP contribution in [0.2, 0.25) is 0 Å². The number of nitrogens with zero attached hydrogens (tertiary/aromatic N) is 2. The minimum Gasteiger partial charge on any atom is -0.484 e. The van der Waals surface area contributed by atoms with E-state index >= 15 is 0 Å². The quantitative estimate of drug-likeness (QED) is 0.686. The van der Waals surface area contributed by atoms with Crippen molar-refractivity contribution in [2.75, 3.05) is 18.2 Å². The largest absolute Gasteiger partial charge is 0.484 e. The summed E-state index contributed by atoms with van der Waals surface area (Å²) in [7, 11) is 0. The van der Waals surface area contributed by atoms with E-state index in [1.807, 2.05) is 31.5 Å². The highest BCUT2D eigenvalue weighted by atomic mass is 32.2. The van der Waals surface area contributed by atoms with Crippen LogP contribution in [0.3, 0.4) is 0 Å². The van der Waals surface area contributed by atoms with Crippen molar-refractivity contribution < 1.29 is 14.3 Å². The summed E-state index contributed by atoms with van der Waals surface area (Å²) in [6, 6.07) is 3.73. The smallest absolute Gasteiger partial charge is 0.222 e. The highest BCUT2D eigenvalue weighted by molar-refractivity contribution is 7.98. The van der Waals surface area contributed by atoms with Crippen LogP contribution in [0.25, 0.3) is 22.2 Å². The Morgan fingerprint density at radius 3 is 3.04 bits per heavy atom. The first kappa shape index (κ1) is 16.7. The molecule has 1 atom stereocenters. The molecule has 134 valence electrons. The van der Waals surface area contributed by atoms with E-state index in [1.165, 1.54) is 6.92 Å². The Bertz CT molecular complexity index is 1000. The number of nitrogens with one attached hydrogen (secondary N) is 2. The number of H-pyrrole nitrogens is 1. The third-order valence-electron chi connectivity index (χ3n) is 4.04. The Labute approximate surface area is 154 Å². The number of hydrogen-bond acceptors (Lipinski definition) is 6. The average Bonchev–Trinajstić information content (AvgIpc) is 3.03. The van der Waals surface area contributed by atoms with Gasteiger partial charge < -0.3 is 19.8 Å². The third kappa shape index (κ3) is 2.96. The molecule has 0 bridgehead atoms. The second-order valence-electron chi connectivity index (χ2n) is 6.08. The summed E-state index contributed by atoms with van der Waals surface area (Å²) in [5, 5.41) is 4.46. The Kier molecular flexibility index (Phi) is 4.20. The molecule has 0 aromatic carbocycles. The molecule has 4 rings (SSSR count). The monoisotopic (exact) mass is 370 g/mol. The molecule has 1 aliphatic rings. The van der Waals surface area contributed by atoms with E-state index in [1.54, 1.807) is 18.0 Å². The summed E-state index contributed by atoms with van der Waals surface area (Å²) in [5.41, 5.74) is 2.44. The molecule has 0 radical (unpaired) electrons. The Balaban J connectivity index is 1.89. The highest BCUT2D eigenvalue weighted by Gasteiger charge is 2.25. The van der Waals surface area contributed by atoms with Gasteiger partial charge in [-0.05, 0) is 19.2 Å². The molecule has 3 aromatic heterocycles. The number of carbonyl (C=O) groups excluding carboxylic acids is 1. The first-order valence-electron chi connectivity index (χ1n) is 8.18. The fraction of sp³-hybridized carbons (Fsp3) is 0.278. The standard InChI is InChI=1S/C18H18N4O3S/c1-9-8-24-18-14(25-9)5-16(26-3)22-17(18)12-6-19-13-7-20-15(4-11(12)13)21-10(2)23/h4-7,9,19H,8H2,1-3H3,(H,20,21,23)/t9-/m1/s1. The van der Waals surface area contributed by atoms with Gasteiger partial charge in [0.25, 0.3) is 0 Å². The summed E-state index contributed by atoms with van der Waals surface area (Å²) in [6.45, 7) is 3.90. The molecule has 0 saturated carbocycles. The summed E-state index contributed by atoms with van der Waals surface area (Å²) in [5.74, 6) is 1.66. The van der Waals surface area contributed by atoms with Crippen molar-refractivity contribution in [1.29, 1.82) is 0 Å². The van der Waals surface area contributed by atoms with Crippen molar-refractivity contribution in [1.82, 2.24) is 15.0 Å². The molecule has 8 heteroatoms. The normalized spacial score (nSPS) is 15.9. The molecule has 0 unspecified atom stereocenters. The molecule has 7 nitrogen and oxygen atoms in total. The first-order chi connectivity index (χ1) is 12.5. The van der Waals surface area contributed by atoms with Gasteiger partial charge in [-0.15, -0.1) is 11.8 Å².